The molecular formula is C25H32N2O6S. The molecular weight excluding hydrogens is 456 g/mol. The first kappa shape index (κ1) is 27.0. The molecule has 2 aromatic rings. The van der Waals surface area contributed by atoms with E-state index in [1.54, 1.807) is 32.2 Å². The maximum absolute atomic E-state index is 13.3. The van der Waals surface area contributed by atoms with Gasteiger partial charge in [0.2, 0.25) is 11.8 Å². The Kier molecular flexibility index (Phi) is 9.37. The van der Waals surface area contributed by atoms with Crippen molar-refractivity contribution in [2.75, 3.05) is 5.32 Å². The fraction of sp³-hybridized carbons (Fsp3) is 0.440. The van der Waals surface area contributed by atoms with Crippen molar-refractivity contribution < 1.29 is 29.0 Å². The fourth-order valence-electron chi connectivity index (χ4n) is 3.29. The lowest BCUT2D eigenvalue weighted by Gasteiger charge is -2.24. The van der Waals surface area contributed by atoms with E-state index < -0.39 is 41.3 Å². The highest BCUT2D eigenvalue weighted by Gasteiger charge is 2.31. The first-order chi connectivity index (χ1) is 15.9. The minimum absolute atomic E-state index is 0.103. The number of carbonyl (C=O) groups excluding carboxylic acids is 3. The molecule has 0 aliphatic carbocycles. The number of rotatable bonds is 10. The molecule has 9 heteroatoms. The maximum atomic E-state index is 13.3. The molecule has 0 fully saturated rings. The summed E-state index contributed by atoms with van der Waals surface area (Å²) in [5.74, 6) is -3.11. The predicted molar refractivity (Wildman–Crippen MR) is 131 cm³/mol. The van der Waals surface area contributed by atoms with Crippen molar-refractivity contribution in [1.29, 1.82) is 0 Å². The fourth-order valence-corrected chi connectivity index (χ4v) is 4.00. The van der Waals surface area contributed by atoms with Crippen LogP contribution < -0.4 is 10.6 Å². The molecule has 184 valence electrons. The SMILES string of the molecule is CC(C)C[C@H](NC(=O)[C@H](CC(=O)OC(C)(C)C)c1ccsc1)C(=O)Nc1ccc(C(=O)O)cc1. The Bertz CT molecular complexity index is 993. The van der Waals surface area contributed by atoms with Crippen molar-refractivity contribution >= 4 is 40.8 Å². The molecule has 2 amide bonds. The number of benzene rings is 1. The number of nitrogens with one attached hydrogen (secondary N) is 2. The zero-order valence-electron chi connectivity index (χ0n) is 20.1. The van der Waals surface area contributed by atoms with Crippen LogP contribution in [0.3, 0.4) is 0 Å². The number of hydrogen-bond acceptors (Lipinski definition) is 6. The molecule has 3 N–H and O–H groups in total. The second-order valence-electron chi connectivity index (χ2n) is 9.46. The smallest absolute Gasteiger partial charge is 0.335 e. The van der Waals surface area contributed by atoms with Gasteiger partial charge in [0.25, 0.3) is 0 Å². The van der Waals surface area contributed by atoms with Gasteiger partial charge in [-0.15, -0.1) is 0 Å². The lowest BCUT2D eigenvalue weighted by Crippen LogP contribution is -2.46. The molecule has 0 spiro atoms. The lowest BCUT2D eigenvalue weighted by molar-refractivity contribution is -0.156. The van der Waals surface area contributed by atoms with Crippen molar-refractivity contribution in [1.82, 2.24) is 5.32 Å². The summed E-state index contributed by atoms with van der Waals surface area (Å²) in [7, 11) is 0. The molecule has 2 atom stereocenters. The quantitative estimate of drug-likeness (QED) is 0.425. The third kappa shape index (κ3) is 8.62. The van der Waals surface area contributed by atoms with Crippen LogP contribution in [0, 0.1) is 5.92 Å². The van der Waals surface area contributed by atoms with Gasteiger partial charge in [0, 0.05) is 5.69 Å². The van der Waals surface area contributed by atoms with Crippen LogP contribution in [0.2, 0.25) is 0 Å². The van der Waals surface area contributed by atoms with Gasteiger partial charge in [0.05, 0.1) is 17.9 Å². The highest BCUT2D eigenvalue weighted by Crippen LogP contribution is 2.25. The van der Waals surface area contributed by atoms with E-state index in [2.05, 4.69) is 10.6 Å². The topological polar surface area (TPSA) is 122 Å². The molecule has 0 bridgehead atoms. The number of ether oxygens (including phenoxy) is 1. The Hall–Kier alpha value is -3.20. The van der Waals surface area contributed by atoms with Gasteiger partial charge in [0.1, 0.15) is 11.6 Å². The van der Waals surface area contributed by atoms with E-state index in [-0.39, 0.29) is 17.9 Å². The van der Waals surface area contributed by atoms with Crippen LogP contribution in [0.25, 0.3) is 0 Å². The Morgan fingerprint density at radius 2 is 1.68 bits per heavy atom. The molecule has 1 aromatic carbocycles. The average Bonchev–Trinajstić information content (AvgIpc) is 3.24. The maximum Gasteiger partial charge on any atom is 0.335 e. The summed E-state index contributed by atoms with van der Waals surface area (Å²) >= 11 is 1.41. The zero-order valence-corrected chi connectivity index (χ0v) is 20.9. The second kappa shape index (κ2) is 11.8. The molecule has 1 heterocycles. The molecule has 1 aromatic heterocycles. The van der Waals surface area contributed by atoms with Crippen molar-refractivity contribution in [2.24, 2.45) is 5.92 Å². The second-order valence-corrected chi connectivity index (χ2v) is 10.2. The molecule has 0 saturated carbocycles. The molecule has 0 radical (unpaired) electrons. The number of anilines is 1. The van der Waals surface area contributed by atoms with E-state index in [1.165, 1.54) is 35.6 Å². The van der Waals surface area contributed by atoms with E-state index >= 15 is 0 Å². The zero-order chi connectivity index (χ0) is 25.5. The molecule has 2 rings (SSSR count). The van der Waals surface area contributed by atoms with Gasteiger partial charge in [-0.2, -0.15) is 11.3 Å². The van der Waals surface area contributed by atoms with E-state index in [1.807, 2.05) is 19.2 Å². The minimum Gasteiger partial charge on any atom is -0.478 e. The monoisotopic (exact) mass is 488 g/mol. The largest absolute Gasteiger partial charge is 0.478 e. The summed E-state index contributed by atoms with van der Waals surface area (Å²) in [4.78, 5) is 49.7. The number of thiophene rings is 1. The van der Waals surface area contributed by atoms with Crippen LogP contribution in [-0.4, -0.2) is 40.5 Å². The van der Waals surface area contributed by atoms with Gasteiger partial charge in [0.15, 0.2) is 0 Å². The Morgan fingerprint density at radius 3 is 2.18 bits per heavy atom. The van der Waals surface area contributed by atoms with Crippen LogP contribution in [0.4, 0.5) is 5.69 Å². The van der Waals surface area contributed by atoms with E-state index in [0.717, 1.165) is 0 Å². The van der Waals surface area contributed by atoms with Gasteiger partial charge in [-0.25, -0.2) is 4.79 Å². The molecule has 0 aliphatic heterocycles. The summed E-state index contributed by atoms with van der Waals surface area (Å²) in [6.07, 6.45) is 0.236. The number of esters is 1. The van der Waals surface area contributed by atoms with Gasteiger partial charge < -0.3 is 20.5 Å². The molecule has 0 saturated heterocycles. The Labute approximate surface area is 203 Å². The van der Waals surface area contributed by atoms with Gasteiger partial charge in [-0.05, 0) is 79.8 Å². The number of carboxylic acids is 1. The third-order valence-corrected chi connectivity index (χ3v) is 5.49. The van der Waals surface area contributed by atoms with Crippen molar-refractivity contribution in [3.8, 4) is 0 Å². The highest BCUT2D eigenvalue weighted by molar-refractivity contribution is 7.08. The van der Waals surface area contributed by atoms with Crippen molar-refractivity contribution in [3.05, 3.63) is 52.2 Å². The molecule has 0 unspecified atom stereocenters. The van der Waals surface area contributed by atoms with Gasteiger partial charge in [-0.1, -0.05) is 13.8 Å². The molecule has 34 heavy (non-hydrogen) atoms. The highest BCUT2D eigenvalue weighted by atomic mass is 32.1. The van der Waals surface area contributed by atoms with Gasteiger partial charge >= 0.3 is 11.9 Å². The predicted octanol–water partition coefficient (Wildman–Crippen LogP) is 4.43. The number of amides is 2. The average molecular weight is 489 g/mol. The van der Waals surface area contributed by atoms with Crippen LogP contribution >= 0.6 is 11.3 Å². The number of aromatic carboxylic acids is 1. The standard InChI is InChI=1S/C25H32N2O6S/c1-15(2)12-20(23(30)26-18-8-6-16(7-9-18)24(31)32)27-22(29)19(17-10-11-34-14-17)13-21(28)33-25(3,4)5/h6-11,14-15,19-20H,12-13H2,1-5H3,(H,26,30)(H,27,29)(H,31,32)/t19-,20+/m1/s1. The van der Waals surface area contributed by atoms with Crippen LogP contribution in [0.5, 0.6) is 0 Å². The first-order valence-electron chi connectivity index (χ1n) is 11.0. The number of hydrogen-bond donors (Lipinski definition) is 3. The Balaban J connectivity index is 2.17. The summed E-state index contributed by atoms with van der Waals surface area (Å²) in [6.45, 7) is 9.15. The van der Waals surface area contributed by atoms with Crippen molar-refractivity contribution in [2.45, 2.75) is 65.0 Å². The van der Waals surface area contributed by atoms with E-state index in [9.17, 15) is 19.2 Å². The normalized spacial score (nSPS) is 13.1. The first-order valence-corrected chi connectivity index (χ1v) is 12.0. The number of carbonyl (C=O) groups is 4. The molecule has 0 aliphatic rings. The van der Waals surface area contributed by atoms with Crippen LogP contribution in [0.1, 0.15) is 69.3 Å². The van der Waals surface area contributed by atoms with E-state index in [4.69, 9.17) is 9.84 Å². The molecule has 8 nitrogen and oxygen atoms in total. The lowest BCUT2D eigenvalue weighted by atomic mass is 9.95. The number of carboxylic acid groups (broad SMARTS) is 1. The van der Waals surface area contributed by atoms with Crippen LogP contribution in [-0.2, 0) is 19.1 Å². The third-order valence-electron chi connectivity index (χ3n) is 4.79. The van der Waals surface area contributed by atoms with Crippen LogP contribution in [0.15, 0.2) is 41.1 Å². The van der Waals surface area contributed by atoms with E-state index in [0.29, 0.717) is 17.7 Å². The van der Waals surface area contributed by atoms with Gasteiger partial charge in [-0.3, -0.25) is 14.4 Å². The minimum atomic E-state index is -1.06. The summed E-state index contributed by atoms with van der Waals surface area (Å²) in [5.41, 5.74) is 0.525. The Morgan fingerprint density at radius 1 is 1.03 bits per heavy atom. The summed E-state index contributed by atoms with van der Waals surface area (Å²) in [6, 6.07) is 6.70. The van der Waals surface area contributed by atoms with Crippen molar-refractivity contribution in [3.63, 3.8) is 0 Å². The summed E-state index contributed by atoms with van der Waals surface area (Å²) in [5, 5.41) is 18.2. The summed E-state index contributed by atoms with van der Waals surface area (Å²) < 4.78 is 5.40.